The van der Waals surface area contributed by atoms with Gasteiger partial charge in [-0.25, -0.2) is 13.1 Å². The lowest BCUT2D eigenvalue weighted by atomic mass is 10.1. The van der Waals surface area contributed by atoms with E-state index in [0.717, 1.165) is 16.8 Å². The molecule has 1 amide bonds. The summed E-state index contributed by atoms with van der Waals surface area (Å²) in [4.78, 5) is 13.9. The topological polar surface area (TPSA) is 72.3 Å². The van der Waals surface area contributed by atoms with Crippen LogP contribution >= 0.6 is 11.6 Å². The number of hydrogen-bond donors (Lipinski definition) is 0. The van der Waals surface area contributed by atoms with Crippen LogP contribution in [0, 0.1) is 13.8 Å². The van der Waals surface area contributed by atoms with Crippen molar-refractivity contribution in [2.45, 2.75) is 26.1 Å². The van der Waals surface area contributed by atoms with Gasteiger partial charge in [-0.3, -0.25) is 4.79 Å². The average molecular weight is 446 g/mol. The number of amides is 1. The molecular formula is C22H24ClN3O3S. The minimum absolute atomic E-state index is 0.239. The van der Waals surface area contributed by atoms with Gasteiger partial charge in [0.1, 0.15) is 10.9 Å². The van der Waals surface area contributed by atoms with Crippen LogP contribution in [-0.2, 0) is 26.9 Å². The first-order valence-corrected chi connectivity index (χ1v) is 11.7. The first kappa shape index (κ1) is 22.1. The number of hydrogen-bond acceptors (Lipinski definition) is 4. The lowest BCUT2D eigenvalue weighted by molar-refractivity contribution is -0.127. The van der Waals surface area contributed by atoms with Gasteiger partial charge in [0.2, 0.25) is 5.91 Å². The molecule has 0 saturated carbocycles. The molecule has 3 aromatic rings. The molecule has 3 rings (SSSR count). The molecule has 0 saturated heterocycles. The van der Waals surface area contributed by atoms with E-state index in [2.05, 4.69) is 5.10 Å². The van der Waals surface area contributed by atoms with E-state index in [1.165, 1.54) is 9.58 Å². The zero-order chi connectivity index (χ0) is 21.9. The van der Waals surface area contributed by atoms with E-state index < -0.39 is 21.5 Å². The molecule has 1 heterocycles. The van der Waals surface area contributed by atoms with E-state index >= 15 is 0 Å². The van der Waals surface area contributed by atoms with Crippen LogP contribution in [0.25, 0.3) is 5.69 Å². The highest BCUT2D eigenvalue weighted by Crippen LogP contribution is 2.25. The highest BCUT2D eigenvalue weighted by Gasteiger charge is 2.25. The number of rotatable bonds is 7. The van der Waals surface area contributed by atoms with Crippen LogP contribution in [-0.4, -0.2) is 41.8 Å². The smallest absolute Gasteiger partial charge is 0.237 e. The van der Waals surface area contributed by atoms with E-state index in [4.69, 9.17) is 11.6 Å². The third-order valence-corrected chi connectivity index (χ3v) is 6.60. The second kappa shape index (κ2) is 9.02. The number of aromatic nitrogens is 2. The maximum atomic E-state index is 12.7. The van der Waals surface area contributed by atoms with E-state index in [1.807, 2.05) is 61.5 Å². The predicted molar refractivity (Wildman–Crippen MR) is 118 cm³/mol. The Hall–Kier alpha value is -2.64. The van der Waals surface area contributed by atoms with Gasteiger partial charge in [0.15, 0.2) is 9.84 Å². The average Bonchev–Trinajstić information content (AvgIpc) is 2.98. The molecule has 0 fully saturated rings. The summed E-state index contributed by atoms with van der Waals surface area (Å²) in [5, 5.41) is 4.61. The van der Waals surface area contributed by atoms with Gasteiger partial charge in [0, 0.05) is 19.2 Å². The van der Waals surface area contributed by atoms with Gasteiger partial charge in [-0.2, -0.15) is 5.10 Å². The molecule has 158 valence electrons. The molecule has 0 aliphatic heterocycles. The quantitative estimate of drug-likeness (QED) is 0.555. The molecule has 0 aliphatic carbocycles. The maximum Gasteiger partial charge on any atom is 0.237 e. The SMILES string of the molecule is Cc1ccc(CN(C)C(=O)CS(=O)(=O)Cc2c(C)nn(-c3ccccc3)c2Cl)cc1. The third kappa shape index (κ3) is 5.29. The second-order valence-corrected chi connectivity index (χ2v) is 9.79. The van der Waals surface area contributed by atoms with Crippen molar-refractivity contribution in [1.82, 2.24) is 14.7 Å². The number of nitrogens with zero attached hydrogens (tertiary/aromatic N) is 3. The summed E-state index contributed by atoms with van der Waals surface area (Å²) in [7, 11) is -2.12. The molecule has 0 bridgehead atoms. The fourth-order valence-corrected chi connectivity index (χ4v) is 4.96. The first-order valence-electron chi connectivity index (χ1n) is 9.45. The summed E-state index contributed by atoms with van der Waals surface area (Å²) in [5.74, 6) is -1.38. The summed E-state index contributed by atoms with van der Waals surface area (Å²) < 4.78 is 26.9. The van der Waals surface area contributed by atoms with Gasteiger partial charge in [-0.15, -0.1) is 0 Å². The molecule has 8 heteroatoms. The van der Waals surface area contributed by atoms with Gasteiger partial charge < -0.3 is 4.90 Å². The molecule has 1 aromatic heterocycles. The second-order valence-electron chi connectivity index (χ2n) is 7.37. The third-order valence-electron chi connectivity index (χ3n) is 4.80. The number of sulfone groups is 1. The van der Waals surface area contributed by atoms with Gasteiger partial charge in [-0.05, 0) is 31.5 Å². The maximum absolute atomic E-state index is 12.7. The van der Waals surface area contributed by atoms with Crippen molar-refractivity contribution in [3.8, 4) is 5.69 Å². The number of para-hydroxylation sites is 1. The van der Waals surface area contributed by atoms with Crippen molar-refractivity contribution in [1.29, 1.82) is 0 Å². The standard InChI is InChI=1S/C22H24ClN3O3S/c1-16-9-11-18(12-10-16)13-25(3)21(27)15-30(28,29)14-20-17(2)24-26(22(20)23)19-7-5-4-6-8-19/h4-12H,13-15H2,1-3H3. The Bertz CT molecular complexity index is 1140. The molecule has 0 unspecified atom stereocenters. The predicted octanol–water partition coefficient (Wildman–Crippen LogP) is 3.72. The van der Waals surface area contributed by atoms with Crippen molar-refractivity contribution < 1.29 is 13.2 Å². The zero-order valence-corrected chi connectivity index (χ0v) is 18.7. The fraction of sp³-hybridized carbons (Fsp3) is 0.273. The Morgan fingerprint density at radius 2 is 1.70 bits per heavy atom. The van der Waals surface area contributed by atoms with Gasteiger partial charge in [-0.1, -0.05) is 59.6 Å². The van der Waals surface area contributed by atoms with E-state index in [-0.39, 0.29) is 10.9 Å². The molecule has 0 radical (unpaired) electrons. The monoisotopic (exact) mass is 445 g/mol. The summed E-state index contributed by atoms with van der Waals surface area (Å²) >= 11 is 6.43. The molecule has 2 aromatic carbocycles. The molecule has 0 N–H and O–H groups in total. The Morgan fingerprint density at radius 3 is 2.33 bits per heavy atom. The zero-order valence-electron chi connectivity index (χ0n) is 17.2. The van der Waals surface area contributed by atoms with Crippen LogP contribution < -0.4 is 0 Å². The minimum atomic E-state index is -3.72. The number of halogens is 1. The summed E-state index contributed by atoms with van der Waals surface area (Å²) in [6.45, 7) is 4.04. The number of carbonyl (C=O) groups excluding carboxylic acids is 1. The van der Waals surface area contributed by atoms with Crippen molar-refractivity contribution in [3.63, 3.8) is 0 Å². The van der Waals surface area contributed by atoms with Crippen LogP contribution in [0.5, 0.6) is 0 Å². The number of aryl methyl sites for hydroxylation is 2. The molecular weight excluding hydrogens is 422 g/mol. The van der Waals surface area contributed by atoms with Crippen molar-refractivity contribution in [2.75, 3.05) is 12.8 Å². The Labute approximate surface area is 182 Å². The summed E-state index contributed by atoms with van der Waals surface area (Å²) in [5.41, 5.74) is 3.74. The Kier molecular flexibility index (Phi) is 6.63. The Balaban J connectivity index is 1.71. The van der Waals surface area contributed by atoms with Crippen LogP contribution in [0.4, 0.5) is 0 Å². The van der Waals surface area contributed by atoms with Gasteiger partial charge >= 0.3 is 0 Å². The van der Waals surface area contributed by atoms with Crippen molar-refractivity contribution in [3.05, 3.63) is 82.1 Å². The van der Waals surface area contributed by atoms with Crippen LogP contribution in [0.2, 0.25) is 5.15 Å². The first-order chi connectivity index (χ1) is 14.2. The number of benzene rings is 2. The molecule has 0 aliphatic rings. The van der Waals surface area contributed by atoms with E-state index in [1.54, 1.807) is 14.0 Å². The van der Waals surface area contributed by atoms with E-state index in [9.17, 15) is 13.2 Å². The lowest BCUT2D eigenvalue weighted by Crippen LogP contribution is -2.32. The van der Waals surface area contributed by atoms with Crippen LogP contribution in [0.1, 0.15) is 22.4 Å². The van der Waals surface area contributed by atoms with Gasteiger partial charge in [0.05, 0.1) is 17.1 Å². The molecule has 30 heavy (non-hydrogen) atoms. The minimum Gasteiger partial charge on any atom is -0.341 e. The molecule has 0 atom stereocenters. The summed E-state index contributed by atoms with van der Waals surface area (Å²) in [6.07, 6.45) is 0. The van der Waals surface area contributed by atoms with E-state index in [0.29, 0.717) is 17.8 Å². The molecule has 0 spiro atoms. The summed E-state index contributed by atoms with van der Waals surface area (Å²) in [6, 6.07) is 17.0. The fourth-order valence-electron chi connectivity index (χ4n) is 3.06. The highest BCUT2D eigenvalue weighted by atomic mass is 35.5. The number of carbonyl (C=O) groups is 1. The Morgan fingerprint density at radius 1 is 1.07 bits per heavy atom. The van der Waals surface area contributed by atoms with Crippen molar-refractivity contribution in [2.24, 2.45) is 0 Å². The van der Waals surface area contributed by atoms with Gasteiger partial charge in [0.25, 0.3) is 0 Å². The normalized spacial score (nSPS) is 11.5. The van der Waals surface area contributed by atoms with Crippen LogP contribution in [0.3, 0.4) is 0 Å². The van der Waals surface area contributed by atoms with Crippen LogP contribution in [0.15, 0.2) is 54.6 Å². The largest absolute Gasteiger partial charge is 0.341 e. The molecule has 6 nitrogen and oxygen atoms in total. The highest BCUT2D eigenvalue weighted by molar-refractivity contribution is 7.91. The lowest BCUT2D eigenvalue weighted by Gasteiger charge is -2.17. The van der Waals surface area contributed by atoms with Crippen molar-refractivity contribution >= 4 is 27.3 Å².